The number of rotatable bonds is 0. The predicted molar refractivity (Wildman–Crippen MR) is 95.4 cm³/mol. The maximum Gasteiger partial charge on any atom is 1.00 e. The molecule has 0 radical (unpaired) electrons. The molecule has 23 heavy (non-hydrogen) atoms. The second-order valence-corrected chi connectivity index (χ2v) is 6.17. The van der Waals surface area contributed by atoms with E-state index in [0.29, 0.717) is 0 Å². The molecule has 1 aromatic rings. The molecule has 0 N–H and O–H groups in total. The fourth-order valence-electron chi connectivity index (χ4n) is 3.04. The Balaban J connectivity index is 0.00000192. The minimum Gasteiger partial charge on any atom is -0.670 e. The topological polar surface area (TPSA) is 14.1 Å². The third-order valence-corrected chi connectivity index (χ3v) is 4.37. The van der Waals surface area contributed by atoms with Crippen LogP contribution in [0.25, 0.3) is 10.9 Å². The predicted octanol–water partition coefficient (Wildman–Crippen LogP) is 2.82. The molecule has 0 bridgehead atoms. The van der Waals surface area contributed by atoms with Gasteiger partial charge in [0.1, 0.15) is 0 Å². The number of allylic oxidation sites excluding steroid dienone is 8. The van der Waals surface area contributed by atoms with Crippen molar-refractivity contribution in [3.8, 4) is 0 Å². The minimum absolute atomic E-state index is 0. The molecule has 2 heteroatoms. The molecule has 3 rings (SSSR count). The monoisotopic (exact) mass is 325 g/mol. The standard InChI is InChI=1S/C21H20N.K/c1-15-9-7-8-12-22-14-20-18(13-16(15)2)17-10-5-6-11-19(17)21(20,3)4;/h5-14H,1-2H2,3-4H3;/q-1;+1/b9-7-,12-8-,18-13-,20-14+;. The van der Waals surface area contributed by atoms with Crippen LogP contribution < -0.4 is 51.4 Å². The van der Waals surface area contributed by atoms with Crippen molar-refractivity contribution in [3.05, 3.63) is 107 Å². The molecule has 0 atom stereocenters. The maximum atomic E-state index is 4.45. The van der Waals surface area contributed by atoms with E-state index in [-0.39, 0.29) is 56.8 Å². The Morgan fingerprint density at radius 3 is 2.52 bits per heavy atom. The SMILES string of the molecule is C=C1/C=C\C=C/[N-]/C=C2\C(=C/C1=C)c1ccccc1C2(C)C.[K+]. The van der Waals surface area contributed by atoms with Crippen molar-refractivity contribution in [2.24, 2.45) is 0 Å². The van der Waals surface area contributed by atoms with Gasteiger partial charge in [-0.25, -0.2) is 0 Å². The van der Waals surface area contributed by atoms with Crippen LogP contribution in [0.1, 0.15) is 25.0 Å². The summed E-state index contributed by atoms with van der Waals surface area (Å²) in [6.07, 6.45) is 11.7. The van der Waals surface area contributed by atoms with E-state index in [1.807, 2.05) is 30.6 Å². The van der Waals surface area contributed by atoms with Gasteiger partial charge in [0.15, 0.2) is 0 Å². The molecule has 1 aliphatic carbocycles. The number of fused-ring (bicyclic) bond motifs is 3. The molecule has 0 saturated carbocycles. The summed E-state index contributed by atoms with van der Waals surface area (Å²) in [6.45, 7) is 12.7. The van der Waals surface area contributed by atoms with Gasteiger partial charge in [-0.05, 0) is 33.9 Å². The summed E-state index contributed by atoms with van der Waals surface area (Å²) in [5, 5.41) is 4.45. The van der Waals surface area contributed by atoms with Gasteiger partial charge in [0.2, 0.25) is 0 Å². The normalized spacial score (nSPS) is 26.0. The first-order valence-corrected chi connectivity index (χ1v) is 7.46. The van der Waals surface area contributed by atoms with Gasteiger partial charge in [-0.3, -0.25) is 0 Å². The summed E-state index contributed by atoms with van der Waals surface area (Å²) in [5.41, 5.74) is 6.78. The molecular weight excluding hydrogens is 305 g/mol. The van der Waals surface area contributed by atoms with Crippen LogP contribution in [0.5, 0.6) is 0 Å². The molecule has 1 nitrogen and oxygen atoms in total. The minimum atomic E-state index is -0.0666. The summed E-state index contributed by atoms with van der Waals surface area (Å²) in [7, 11) is 0. The molecule has 2 aliphatic rings. The van der Waals surface area contributed by atoms with Crippen molar-refractivity contribution in [1.29, 1.82) is 0 Å². The van der Waals surface area contributed by atoms with Crippen LogP contribution in [0.4, 0.5) is 0 Å². The van der Waals surface area contributed by atoms with Crippen LogP contribution in [0.15, 0.2) is 90.8 Å². The molecule has 1 aromatic carbocycles. The van der Waals surface area contributed by atoms with E-state index in [1.54, 1.807) is 0 Å². The van der Waals surface area contributed by atoms with Crippen LogP contribution in [0, 0.1) is 0 Å². The van der Waals surface area contributed by atoms with Crippen molar-refractivity contribution in [2.45, 2.75) is 19.3 Å². The van der Waals surface area contributed by atoms with E-state index >= 15 is 0 Å². The summed E-state index contributed by atoms with van der Waals surface area (Å²) in [5.74, 6) is 0. The average molecular weight is 325 g/mol. The molecule has 0 fully saturated rings. The second-order valence-electron chi connectivity index (χ2n) is 6.17. The Morgan fingerprint density at radius 1 is 1.00 bits per heavy atom. The Morgan fingerprint density at radius 2 is 1.74 bits per heavy atom. The molecule has 0 unspecified atom stereocenters. The van der Waals surface area contributed by atoms with Gasteiger partial charge in [-0.1, -0.05) is 75.1 Å². The van der Waals surface area contributed by atoms with Gasteiger partial charge >= 0.3 is 51.4 Å². The average Bonchev–Trinajstić information content (AvgIpc) is 2.69. The molecule has 0 spiro atoms. The van der Waals surface area contributed by atoms with E-state index in [2.05, 4.69) is 62.7 Å². The molecule has 0 saturated heterocycles. The largest absolute Gasteiger partial charge is 1.00 e. The number of nitrogens with zero attached hydrogens (tertiary/aromatic N) is 1. The van der Waals surface area contributed by atoms with Gasteiger partial charge in [0.05, 0.1) is 0 Å². The van der Waals surface area contributed by atoms with Crippen molar-refractivity contribution in [2.75, 3.05) is 0 Å². The molecule has 1 aliphatic heterocycles. The maximum absolute atomic E-state index is 4.45. The van der Waals surface area contributed by atoms with Crippen LogP contribution in [0.3, 0.4) is 0 Å². The third-order valence-electron chi connectivity index (χ3n) is 4.37. The summed E-state index contributed by atoms with van der Waals surface area (Å²) in [6, 6.07) is 8.55. The van der Waals surface area contributed by atoms with Crippen LogP contribution in [-0.4, -0.2) is 0 Å². The van der Waals surface area contributed by atoms with Gasteiger partial charge in [0.25, 0.3) is 0 Å². The van der Waals surface area contributed by atoms with Crippen LogP contribution in [0.2, 0.25) is 0 Å². The van der Waals surface area contributed by atoms with Gasteiger partial charge in [-0.2, -0.15) is 12.4 Å². The Labute approximate surface area is 181 Å². The van der Waals surface area contributed by atoms with E-state index < -0.39 is 0 Å². The van der Waals surface area contributed by atoms with Crippen molar-refractivity contribution in [1.82, 2.24) is 0 Å². The summed E-state index contributed by atoms with van der Waals surface area (Å²) >= 11 is 0. The molecule has 110 valence electrons. The smallest absolute Gasteiger partial charge is 0.670 e. The first-order valence-electron chi connectivity index (χ1n) is 7.46. The van der Waals surface area contributed by atoms with Crippen molar-refractivity contribution < 1.29 is 51.4 Å². The van der Waals surface area contributed by atoms with Crippen molar-refractivity contribution in [3.63, 3.8) is 0 Å². The van der Waals surface area contributed by atoms with E-state index in [4.69, 9.17) is 0 Å². The van der Waals surface area contributed by atoms with E-state index in [0.717, 1.165) is 11.1 Å². The zero-order valence-corrected chi connectivity index (χ0v) is 17.3. The molecular formula is C21H20KN. The van der Waals surface area contributed by atoms with Gasteiger partial charge in [0, 0.05) is 5.41 Å². The molecule has 1 heterocycles. The Hall–Kier alpha value is -0.904. The van der Waals surface area contributed by atoms with Crippen molar-refractivity contribution >= 4 is 5.57 Å². The number of hydrogen-bond donors (Lipinski definition) is 0. The van der Waals surface area contributed by atoms with Crippen LogP contribution in [-0.2, 0) is 5.41 Å². The quantitative estimate of drug-likeness (QED) is 0.651. The van der Waals surface area contributed by atoms with Crippen LogP contribution >= 0.6 is 0 Å². The number of benzene rings is 1. The Kier molecular flexibility index (Phi) is 5.87. The summed E-state index contributed by atoms with van der Waals surface area (Å²) in [4.78, 5) is 0. The Bertz CT molecular complexity index is 773. The first kappa shape index (κ1) is 18.4. The third kappa shape index (κ3) is 3.47. The van der Waals surface area contributed by atoms with Gasteiger partial charge in [-0.15, -0.1) is 0 Å². The molecule has 0 aromatic heterocycles. The first-order chi connectivity index (χ1) is 10.5. The second kappa shape index (κ2) is 7.33. The van der Waals surface area contributed by atoms with Gasteiger partial charge < -0.3 is 5.32 Å². The zero-order chi connectivity index (χ0) is 15.7. The summed E-state index contributed by atoms with van der Waals surface area (Å²) < 4.78 is 0. The number of hydrogen-bond acceptors (Lipinski definition) is 0. The van der Waals surface area contributed by atoms with E-state index in [9.17, 15) is 0 Å². The molecule has 0 amide bonds. The zero-order valence-electron chi connectivity index (χ0n) is 14.1. The van der Waals surface area contributed by atoms with E-state index in [1.165, 1.54) is 22.3 Å². The fourth-order valence-corrected chi connectivity index (χ4v) is 3.04. The fraction of sp³-hybridized carbons (Fsp3) is 0.143.